The number of nitrogens with zero attached hydrogens (tertiary/aromatic N) is 2. The lowest BCUT2D eigenvalue weighted by Crippen LogP contribution is -2.64. The second-order valence-corrected chi connectivity index (χ2v) is 8.17. The molecule has 0 bridgehead atoms. The molecular weight excluding hydrogens is 336 g/mol. The molecule has 142 valence electrons. The number of likely N-dealkylation sites (tertiary alicyclic amines) is 1. The zero-order valence-corrected chi connectivity index (χ0v) is 16.6. The van der Waals surface area contributed by atoms with Crippen molar-refractivity contribution in [1.82, 2.24) is 4.90 Å². The van der Waals surface area contributed by atoms with Crippen molar-refractivity contribution in [3.8, 4) is 12.3 Å². The van der Waals surface area contributed by atoms with Crippen LogP contribution in [0.2, 0.25) is 0 Å². The Bertz CT molecular complexity index is 868. The van der Waals surface area contributed by atoms with Crippen LogP contribution in [0.3, 0.4) is 0 Å². The molecule has 4 nitrogen and oxygen atoms in total. The highest BCUT2D eigenvalue weighted by molar-refractivity contribution is 5.80. The highest BCUT2D eigenvalue weighted by atomic mass is 16.5. The molecule has 1 aromatic rings. The van der Waals surface area contributed by atoms with Gasteiger partial charge in [0.15, 0.2) is 0 Å². The summed E-state index contributed by atoms with van der Waals surface area (Å²) < 4.78 is 5.22. The van der Waals surface area contributed by atoms with Crippen molar-refractivity contribution in [2.75, 3.05) is 25.1 Å². The Hall–Kier alpha value is -2.41. The molecule has 2 atom stereocenters. The number of ether oxygens (including phenoxy) is 1. The van der Waals surface area contributed by atoms with Crippen LogP contribution in [-0.2, 0) is 10.2 Å². The summed E-state index contributed by atoms with van der Waals surface area (Å²) in [5.41, 5.74) is 5.42. The Morgan fingerprint density at radius 2 is 2.11 bits per heavy atom. The molecule has 1 saturated heterocycles. The molecule has 0 N–H and O–H groups in total. The average molecular weight is 364 g/mol. The number of fused-ring (bicyclic) bond motifs is 1. The molecule has 1 amide bonds. The number of aryl methyl sites for hydroxylation is 2. The smallest absolute Gasteiger partial charge is 0.411 e. The van der Waals surface area contributed by atoms with E-state index in [0.717, 1.165) is 32.1 Å². The van der Waals surface area contributed by atoms with Crippen molar-refractivity contribution >= 4 is 11.8 Å². The normalized spacial score (nSPS) is 28.9. The van der Waals surface area contributed by atoms with E-state index in [-0.39, 0.29) is 11.5 Å². The maximum atomic E-state index is 12.9. The Labute approximate surface area is 162 Å². The number of terminal acetylenes is 1. The molecule has 1 aliphatic carbocycles. The number of amides is 1. The van der Waals surface area contributed by atoms with E-state index < -0.39 is 5.66 Å². The molecule has 1 aromatic carbocycles. The molecule has 0 aromatic heterocycles. The first-order valence-electron chi connectivity index (χ1n) is 9.80. The van der Waals surface area contributed by atoms with Crippen LogP contribution in [0.4, 0.5) is 10.5 Å². The highest BCUT2D eigenvalue weighted by Gasteiger charge is 2.70. The molecule has 3 aliphatic rings. The van der Waals surface area contributed by atoms with Crippen LogP contribution in [0.15, 0.2) is 24.3 Å². The Morgan fingerprint density at radius 1 is 1.33 bits per heavy atom. The van der Waals surface area contributed by atoms with Gasteiger partial charge in [-0.2, -0.15) is 0 Å². The summed E-state index contributed by atoms with van der Waals surface area (Å²) in [6.45, 7) is 10.0. The minimum absolute atomic E-state index is 0.268. The predicted molar refractivity (Wildman–Crippen MR) is 108 cm³/mol. The number of carbonyl (C=O) groups excluding carboxylic acids is 1. The van der Waals surface area contributed by atoms with E-state index in [2.05, 4.69) is 43.4 Å². The third kappa shape index (κ3) is 2.03. The Balaban J connectivity index is 2.08. The molecule has 2 aliphatic heterocycles. The third-order valence-electron chi connectivity index (χ3n) is 6.97. The van der Waals surface area contributed by atoms with Crippen molar-refractivity contribution < 1.29 is 9.53 Å². The number of methoxy groups -OCH3 is 1. The van der Waals surface area contributed by atoms with Crippen LogP contribution in [0, 0.1) is 26.2 Å². The lowest BCUT2D eigenvalue weighted by Gasteiger charge is -2.49. The minimum Gasteiger partial charge on any atom is -0.453 e. The van der Waals surface area contributed by atoms with Crippen LogP contribution < -0.4 is 4.90 Å². The van der Waals surface area contributed by atoms with Crippen molar-refractivity contribution in [3.05, 3.63) is 41.0 Å². The fraction of sp³-hybridized carbons (Fsp3) is 0.522. The van der Waals surface area contributed by atoms with Gasteiger partial charge < -0.3 is 9.64 Å². The molecule has 4 heteroatoms. The number of hydrogen-bond donors (Lipinski definition) is 0. The van der Waals surface area contributed by atoms with Gasteiger partial charge in [-0.25, -0.2) is 4.79 Å². The quantitative estimate of drug-likeness (QED) is 0.550. The average Bonchev–Trinajstić information content (AvgIpc) is 3.02. The Morgan fingerprint density at radius 3 is 2.81 bits per heavy atom. The highest BCUT2D eigenvalue weighted by Crippen LogP contribution is 2.65. The number of anilines is 1. The van der Waals surface area contributed by atoms with Gasteiger partial charge in [0.1, 0.15) is 5.66 Å². The molecule has 1 saturated carbocycles. The van der Waals surface area contributed by atoms with Crippen molar-refractivity contribution in [1.29, 1.82) is 0 Å². The molecule has 27 heavy (non-hydrogen) atoms. The zero-order valence-electron chi connectivity index (χ0n) is 16.6. The summed E-state index contributed by atoms with van der Waals surface area (Å²) in [4.78, 5) is 17.1. The fourth-order valence-corrected chi connectivity index (χ4v) is 6.21. The maximum Gasteiger partial charge on any atom is 0.411 e. The standard InChI is InChI=1S/C23H28N2O2/c1-6-12-24-19-15-16(2)14-17(3)20(19)22-11-13-25(21(26)27-5)23(22,24)10-8-7-9-18(22)4/h1,14-15H,4,7-13H2,2-3,5H3/t22-,23+/m0/s1. The van der Waals surface area contributed by atoms with Gasteiger partial charge in [-0.15, -0.1) is 6.42 Å². The summed E-state index contributed by atoms with van der Waals surface area (Å²) >= 11 is 0. The molecular formula is C23H28N2O2. The largest absolute Gasteiger partial charge is 0.453 e. The van der Waals surface area contributed by atoms with Gasteiger partial charge in [0.05, 0.1) is 19.1 Å². The van der Waals surface area contributed by atoms with Gasteiger partial charge in [-0.3, -0.25) is 4.90 Å². The first-order valence-corrected chi connectivity index (χ1v) is 9.80. The van der Waals surface area contributed by atoms with Gasteiger partial charge in [0, 0.05) is 12.2 Å². The van der Waals surface area contributed by atoms with E-state index in [1.54, 1.807) is 0 Å². The lowest BCUT2D eigenvalue weighted by molar-refractivity contribution is 0.0669. The number of benzene rings is 1. The van der Waals surface area contributed by atoms with Crippen LogP contribution in [0.5, 0.6) is 0 Å². The summed E-state index contributed by atoms with van der Waals surface area (Å²) in [7, 11) is 1.47. The number of carbonyl (C=O) groups is 1. The summed E-state index contributed by atoms with van der Waals surface area (Å²) in [6, 6.07) is 4.47. The second kappa shape index (κ2) is 6.05. The molecule has 4 rings (SSSR count). The van der Waals surface area contributed by atoms with Gasteiger partial charge in [0.25, 0.3) is 0 Å². The minimum atomic E-state index is -0.513. The first kappa shape index (κ1) is 18.0. The zero-order chi connectivity index (χ0) is 19.4. The third-order valence-corrected chi connectivity index (χ3v) is 6.97. The van der Waals surface area contributed by atoms with E-state index in [0.29, 0.717) is 13.1 Å². The SMILES string of the molecule is C#CCN1c2cc(C)cc(C)c2[C@@]23CCN(C(=O)OC)[C@@]12CCCCC3=C. The van der Waals surface area contributed by atoms with Crippen molar-refractivity contribution in [3.63, 3.8) is 0 Å². The monoisotopic (exact) mass is 364 g/mol. The van der Waals surface area contributed by atoms with E-state index >= 15 is 0 Å². The van der Waals surface area contributed by atoms with Crippen LogP contribution >= 0.6 is 0 Å². The molecule has 2 heterocycles. The van der Waals surface area contributed by atoms with Gasteiger partial charge in [0.2, 0.25) is 0 Å². The van der Waals surface area contributed by atoms with E-state index in [1.165, 1.54) is 35.1 Å². The fourth-order valence-electron chi connectivity index (χ4n) is 6.21. The summed E-state index contributed by atoms with van der Waals surface area (Å²) in [5, 5.41) is 0. The van der Waals surface area contributed by atoms with Crippen LogP contribution in [0.25, 0.3) is 0 Å². The number of hydrogen-bond acceptors (Lipinski definition) is 3. The summed E-state index contributed by atoms with van der Waals surface area (Å²) in [6.07, 6.45) is 10.4. The number of rotatable bonds is 1. The second-order valence-electron chi connectivity index (χ2n) is 8.17. The molecule has 0 radical (unpaired) electrons. The van der Waals surface area contributed by atoms with Crippen LogP contribution in [0.1, 0.15) is 48.8 Å². The van der Waals surface area contributed by atoms with E-state index in [9.17, 15) is 4.79 Å². The topological polar surface area (TPSA) is 32.8 Å². The molecule has 0 unspecified atom stereocenters. The maximum absolute atomic E-state index is 12.9. The van der Waals surface area contributed by atoms with Gasteiger partial charge in [-0.05, 0) is 68.7 Å². The summed E-state index contributed by atoms with van der Waals surface area (Å²) in [5.74, 6) is 2.86. The van der Waals surface area contributed by atoms with Crippen molar-refractivity contribution in [2.24, 2.45) is 0 Å². The first-order chi connectivity index (χ1) is 12.9. The van der Waals surface area contributed by atoms with Crippen LogP contribution in [-0.4, -0.2) is 36.9 Å². The van der Waals surface area contributed by atoms with E-state index in [1.807, 2.05) is 4.90 Å². The predicted octanol–water partition coefficient (Wildman–Crippen LogP) is 4.29. The molecule has 0 spiro atoms. The van der Waals surface area contributed by atoms with Gasteiger partial charge in [-0.1, -0.05) is 24.1 Å². The lowest BCUT2D eigenvalue weighted by atomic mass is 9.65. The van der Waals surface area contributed by atoms with Crippen molar-refractivity contribution in [2.45, 2.75) is 57.0 Å². The molecule has 2 fully saturated rings. The van der Waals surface area contributed by atoms with Gasteiger partial charge >= 0.3 is 6.09 Å². The van der Waals surface area contributed by atoms with E-state index in [4.69, 9.17) is 11.2 Å². The Kier molecular flexibility index (Phi) is 4.03.